The molecule has 3 heterocycles. The molecular formula is C28H38N4O2. The normalized spacial score (nSPS) is 25.2. The van der Waals surface area contributed by atoms with Gasteiger partial charge in [-0.2, -0.15) is 0 Å². The van der Waals surface area contributed by atoms with Gasteiger partial charge in [0.25, 0.3) is 5.91 Å². The number of likely N-dealkylation sites (tertiary alicyclic amines) is 1. The number of carbonyl (C=O) groups is 1. The quantitative estimate of drug-likeness (QED) is 0.699. The first kappa shape index (κ1) is 23.3. The van der Waals surface area contributed by atoms with Crippen molar-refractivity contribution < 1.29 is 9.53 Å². The summed E-state index contributed by atoms with van der Waals surface area (Å²) in [6.45, 7) is 4.79. The number of nitrogens with two attached hydrogens (primary N) is 1. The highest BCUT2D eigenvalue weighted by molar-refractivity contribution is 5.99. The number of aromatic nitrogens is 1. The number of ether oxygens (including phenoxy) is 1. The van der Waals surface area contributed by atoms with Crippen LogP contribution in [0.25, 0.3) is 11.1 Å². The number of benzene rings is 1. The summed E-state index contributed by atoms with van der Waals surface area (Å²) in [4.78, 5) is 19.4. The average Bonchev–Trinajstić information content (AvgIpc) is 3.50. The Morgan fingerprint density at radius 2 is 1.68 bits per heavy atom. The minimum Gasteiger partial charge on any atom is -0.383 e. The maximum Gasteiger partial charge on any atom is 0.255 e. The molecule has 2 saturated heterocycles. The van der Waals surface area contributed by atoms with Gasteiger partial charge in [-0.15, -0.1) is 0 Å². The molecule has 34 heavy (non-hydrogen) atoms. The summed E-state index contributed by atoms with van der Waals surface area (Å²) in [6.07, 6.45) is 11.5. The van der Waals surface area contributed by atoms with E-state index >= 15 is 0 Å². The van der Waals surface area contributed by atoms with E-state index in [4.69, 9.17) is 10.5 Å². The van der Waals surface area contributed by atoms with E-state index in [9.17, 15) is 4.79 Å². The largest absolute Gasteiger partial charge is 0.383 e. The minimum atomic E-state index is -0.116. The predicted molar refractivity (Wildman–Crippen MR) is 135 cm³/mol. The summed E-state index contributed by atoms with van der Waals surface area (Å²) in [6, 6.07) is 12.8. The van der Waals surface area contributed by atoms with E-state index in [-0.39, 0.29) is 17.8 Å². The van der Waals surface area contributed by atoms with Gasteiger partial charge in [-0.3, -0.25) is 9.69 Å². The molecule has 1 aromatic heterocycles. The number of piperidine rings is 1. The standard InChI is InChI=1S/C18H21N3O.C10H17NO/c19-17-16(18(22)21-15-9-5-2-6-10-15)11-14(12-20-17)13-7-3-1-4-8-13;1-3-12-4-2-10(1)11-6-8-5-9(8)7-11/h1,3-4,7-8,11-12,15H,2,5-6,9-10H2,(H2,19,20)(H,21,22);8-10H,1-7H2. The molecule has 4 fully saturated rings. The van der Waals surface area contributed by atoms with Gasteiger partial charge >= 0.3 is 0 Å². The number of pyridine rings is 1. The molecule has 4 aliphatic rings. The van der Waals surface area contributed by atoms with Crippen LogP contribution in [0.5, 0.6) is 0 Å². The van der Waals surface area contributed by atoms with Crippen molar-refractivity contribution in [2.24, 2.45) is 11.8 Å². The van der Waals surface area contributed by atoms with Crippen LogP contribution in [0.3, 0.4) is 0 Å². The second kappa shape index (κ2) is 10.9. The summed E-state index contributed by atoms with van der Waals surface area (Å²) < 4.78 is 5.37. The molecule has 182 valence electrons. The smallest absolute Gasteiger partial charge is 0.255 e. The summed E-state index contributed by atoms with van der Waals surface area (Å²) in [5, 5.41) is 3.10. The van der Waals surface area contributed by atoms with Crippen LogP contribution >= 0.6 is 0 Å². The van der Waals surface area contributed by atoms with Crippen molar-refractivity contribution in [3.05, 3.63) is 48.2 Å². The van der Waals surface area contributed by atoms with Crippen LogP contribution in [0.1, 0.15) is 61.7 Å². The van der Waals surface area contributed by atoms with Crippen LogP contribution in [-0.4, -0.2) is 54.2 Å². The van der Waals surface area contributed by atoms with Gasteiger partial charge in [0, 0.05) is 50.1 Å². The van der Waals surface area contributed by atoms with E-state index in [1.54, 1.807) is 6.20 Å². The van der Waals surface area contributed by atoms with Crippen LogP contribution in [-0.2, 0) is 4.74 Å². The zero-order valence-electron chi connectivity index (χ0n) is 20.1. The lowest BCUT2D eigenvalue weighted by Crippen LogP contribution is -2.38. The molecule has 2 aliphatic carbocycles. The first-order valence-electron chi connectivity index (χ1n) is 13.1. The second-order valence-corrected chi connectivity index (χ2v) is 10.4. The third-order valence-corrected chi connectivity index (χ3v) is 7.92. The zero-order chi connectivity index (χ0) is 23.3. The van der Waals surface area contributed by atoms with E-state index in [0.29, 0.717) is 5.56 Å². The van der Waals surface area contributed by atoms with Crippen LogP contribution in [0.4, 0.5) is 5.82 Å². The fourth-order valence-corrected chi connectivity index (χ4v) is 5.74. The molecular weight excluding hydrogens is 424 g/mol. The van der Waals surface area contributed by atoms with Crippen LogP contribution in [0.2, 0.25) is 0 Å². The molecule has 2 unspecified atom stereocenters. The first-order valence-corrected chi connectivity index (χ1v) is 13.1. The molecule has 2 atom stereocenters. The number of hydrogen-bond donors (Lipinski definition) is 2. The summed E-state index contributed by atoms with van der Waals surface area (Å²) in [5.74, 6) is 2.35. The molecule has 2 aromatic rings. The molecule has 0 bridgehead atoms. The Balaban J connectivity index is 0.000000167. The van der Waals surface area contributed by atoms with E-state index in [1.165, 1.54) is 51.6 Å². The maximum absolute atomic E-state index is 12.5. The van der Waals surface area contributed by atoms with Gasteiger partial charge < -0.3 is 15.8 Å². The Labute approximate surface area is 203 Å². The molecule has 1 aromatic carbocycles. The third-order valence-electron chi connectivity index (χ3n) is 7.92. The minimum absolute atomic E-state index is 0.116. The lowest BCUT2D eigenvalue weighted by atomic mass is 9.95. The van der Waals surface area contributed by atoms with Crippen molar-refractivity contribution in [1.82, 2.24) is 15.2 Å². The van der Waals surface area contributed by atoms with E-state index in [1.807, 2.05) is 36.4 Å². The number of anilines is 1. The van der Waals surface area contributed by atoms with Gasteiger partial charge in [0.15, 0.2) is 0 Å². The first-order chi connectivity index (χ1) is 16.7. The molecule has 3 N–H and O–H groups in total. The monoisotopic (exact) mass is 462 g/mol. The van der Waals surface area contributed by atoms with Crippen molar-refractivity contribution >= 4 is 11.7 Å². The lowest BCUT2D eigenvalue weighted by Gasteiger charge is -2.31. The number of nitrogens with one attached hydrogen (secondary N) is 1. The Morgan fingerprint density at radius 3 is 2.38 bits per heavy atom. The Bertz CT molecular complexity index is 944. The average molecular weight is 463 g/mol. The number of fused-ring (bicyclic) bond motifs is 1. The van der Waals surface area contributed by atoms with Crippen molar-refractivity contribution in [3.63, 3.8) is 0 Å². The molecule has 6 heteroatoms. The van der Waals surface area contributed by atoms with Gasteiger partial charge in [-0.05, 0) is 55.6 Å². The van der Waals surface area contributed by atoms with Crippen molar-refractivity contribution in [2.45, 2.75) is 63.5 Å². The zero-order valence-corrected chi connectivity index (χ0v) is 20.1. The Morgan fingerprint density at radius 1 is 0.971 bits per heavy atom. The van der Waals surface area contributed by atoms with Gasteiger partial charge in [0.1, 0.15) is 5.82 Å². The topological polar surface area (TPSA) is 80.5 Å². The highest BCUT2D eigenvalue weighted by atomic mass is 16.5. The van der Waals surface area contributed by atoms with Crippen LogP contribution in [0.15, 0.2) is 42.6 Å². The number of amides is 1. The van der Waals surface area contributed by atoms with Crippen molar-refractivity contribution in [1.29, 1.82) is 0 Å². The van der Waals surface area contributed by atoms with Crippen molar-refractivity contribution in [2.75, 3.05) is 32.0 Å². The molecule has 0 radical (unpaired) electrons. The number of nitrogen functional groups attached to an aromatic ring is 1. The molecule has 6 rings (SSSR count). The molecule has 2 aliphatic heterocycles. The second-order valence-electron chi connectivity index (χ2n) is 10.4. The van der Waals surface area contributed by atoms with Gasteiger partial charge in [-0.1, -0.05) is 49.6 Å². The number of nitrogens with zero attached hydrogens (tertiary/aromatic N) is 2. The molecule has 2 saturated carbocycles. The van der Waals surface area contributed by atoms with Gasteiger partial charge in [-0.25, -0.2) is 4.98 Å². The third kappa shape index (κ3) is 5.78. The highest BCUT2D eigenvalue weighted by Gasteiger charge is 2.46. The van der Waals surface area contributed by atoms with Crippen LogP contribution in [0, 0.1) is 11.8 Å². The van der Waals surface area contributed by atoms with E-state index in [0.717, 1.165) is 55.1 Å². The summed E-state index contributed by atoms with van der Waals surface area (Å²) in [5.41, 5.74) is 8.30. The predicted octanol–water partition coefficient (Wildman–Crippen LogP) is 4.51. The Hall–Kier alpha value is -2.44. The number of hydrogen-bond acceptors (Lipinski definition) is 5. The molecule has 6 nitrogen and oxygen atoms in total. The summed E-state index contributed by atoms with van der Waals surface area (Å²) >= 11 is 0. The van der Waals surface area contributed by atoms with Gasteiger partial charge in [0.2, 0.25) is 0 Å². The number of carbonyl (C=O) groups excluding carboxylic acids is 1. The van der Waals surface area contributed by atoms with Crippen molar-refractivity contribution in [3.8, 4) is 11.1 Å². The molecule has 1 amide bonds. The van der Waals surface area contributed by atoms with E-state index in [2.05, 4.69) is 15.2 Å². The lowest BCUT2D eigenvalue weighted by molar-refractivity contribution is 0.0385. The van der Waals surface area contributed by atoms with Gasteiger partial charge in [0.05, 0.1) is 5.56 Å². The number of rotatable bonds is 4. The van der Waals surface area contributed by atoms with Crippen LogP contribution < -0.4 is 11.1 Å². The maximum atomic E-state index is 12.5. The molecule has 0 spiro atoms. The Kier molecular flexibility index (Phi) is 7.45. The summed E-state index contributed by atoms with van der Waals surface area (Å²) in [7, 11) is 0. The van der Waals surface area contributed by atoms with E-state index < -0.39 is 0 Å². The fraction of sp³-hybridized carbons (Fsp3) is 0.571. The fourth-order valence-electron chi connectivity index (χ4n) is 5.74. The SMILES string of the molecule is C1CC(N2CC3CC3C2)CCO1.Nc1ncc(-c2ccccc2)cc1C(=O)NC1CCCCC1. The highest BCUT2D eigenvalue weighted by Crippen LogP contribution is 2.46.